The first-order chi connectivity index (χ1) is 26.0. The molecule has 8 aromatic carbocycles. The van der Waals surface area contributed by atoms with Gasteiger partial charge in [0.25, 0.3) is 0 Å². The van der Waals surface area contributed by atoms with E-state index < -0.39 is 0 Å². The lowest BCUT2D eigenvalue weighted by atomic mass is 9.78. The van der Waals surface area contributed by atoms with Crippen molar-refractivity contribution in [3.05, 3.63) is 181 Å². The molecule has 0 heterocycles. The van der Waals surface area contributed by atoms with Gasteiger partial charge >= 0.3 is 0 Å². The molecule has 0 atom stereocenters. The highest BCUT2D eigenvalue weighted by Gasteiger charge is 2.27. The summed E-state index contributed by atoms with van der Waals surface area (Å²) in [5.74, 6) is 0. The largest absolute Gasteiger partial charge is 0.310 e. The highest BCUT2D eigenvalue weighted by molar-refractivity contribution is 6.12. The molecule has 0 saturated carbocycles. The van der Waals surface area contributed by atoms with Crippen LogP contribution in [-0.4, -0.2) is 0 Å². The first-order valence-electron chi connectivity index (χ1n) is 19.1. The van der Waals surface area contributed by atoms with Crippen LogP contribution < -0.4 is 9.80 Å². The lowest BCUT2D eigenvalue weighted by molar-refractivity contribution is 0.590. The lowest BCUT2D eigenvalue weighted by Gasteiger charge is -2.32. The molecule has 0 fully saturated rings. The Hall–Kier alpha value is -6.12. The Balaban J connectivity index is 1.13. The van der Waals surface area contributed by atoms with Crippen LogP contribution in [0.25, 0.3) is 43.8 Å². The second-order valence-corrected chi connectivity index (χ2v) is 16.7. The molecular weight excluding hydrogens is 653 g/mol. The summed E-state index contributed by atoms with van der Waals surface area (Å²) in [7, 11) is 0. The Morgan fingerprint density at radius 3 is 1.00 bits per heavy atom. The minimum atomic E-state index is -0.00658. The molecule has 0 aliphatic heterocycles. The average molecular weight is 699 g/mol. The molecule has 264 valence electrons. The van der Waals surface area contributed by atoms with Crippen LogP contribution in [0.5, 0.6) is 0 Å². The van der Waals surface area contributed by atoms with Gasteiger partial charge in [-0.15, -0.1) is 0 Å². The van der Waals surface area contributed by atoms with E-state index in [1.54, 1.807) is 0 Å². The molecule has 8 aromatic rings. The number of hydrogen-bond donors (Lipinski definition) is 0. The molecule has 9 rings (SSSR count). The molecule has 0 aromatic heterocycles. The van der Waals surface area contributed by atoms with Crippen molar-refractivity contribution < 1.29 is 0 Å². The van der Waals surface area contributed by atoms with Crippen LogP contribution in [0.4, 0.5) is 34.1 Å². The van der Waals surface area contributed by atoms with Crippen molar-refractivity contribution in [1.82, 2.24) is 0 Å². The molecule has 1 aliphatic carbocycles. The van der Waals surface area contributed by atoms with Crippen molar-refractivity contribution in [1.29, 1.82) is 0 Å². The van der Waals surface area contributed by atoms with Crippen LogP contribution in [0.3, 0.4) is 0 Å². The highest BCUT2D eigenvalue weighted by Crippen LogP contribution is 2.52. The fourth-order valence-corrected chi connectivity index (χ4v) is 8.29. The Labute approximate surface area is 320 Å². The van der Waals surface area contributed by atoms with Crippen LogP contribution >= 0.6 is 0 Å². The van der Waals surface area contributed by atoms with Crippen LogP contribution in [0.1, 0.15) is 52.7 Å². The minimum absolute atomic E-state index is 0.00658. The molecular formula is C52H46N2. The number of rotatable bonds is 6. The summed E-state index contributed by atoms with van der Waals surface area (Å²) < 4.78 is 0. The van der Waals surface area contributed by atoms with Gasteiger partial charge in [-0.25, -0.2) is 0 Å². The maximum atomic E-state index is 2.41. The number of benzene rings is 8. The summed E-state index contributed by atoms with van der Waals surface area (Å²) >= 11 is 0. The number of anilines is 6. The Morgan fingerprint density at radius 2 is 0.630 bits per heavy atom. The molecule has 2 heteroatoms. The number of fused-ring (bicyclic) bond motifs is 6. The fraction of sp³-hybridized carbons (Fsp3) is 0.154. The van der Waals surface area contributed by atoms with Gasteiger partial charge in [0.15, 0.2) is 0 Å². The summed E-state index contributed by atoms with van der Waals surface area (Å²) in [6.45, 7) is 13.8. The van der Waals surface area contributed by atoms with E-state index in [4.69, 9.17) is 0 Å². The highest BCUT2D eigenvalue weighted by atomic mass is 15.2. The van der Waals surface area contributed by atoms with Crippen LogP contribution in [0.15, 0.2) is 170 Å². The molecule has 0 bridgehead atoms. The molecule has 0 unspecified atom stereocenters. The van der Waals surface area contributed by atoms with Gasteiger partial charge in [-0.1, -0.05) is 126 Å². The van der Waals surface area contributed by atoms with Gasteiger partial charge in [-0.2, -0.15) is 0 Å². The van der Waals surface area contributed by atoms with Crippen molar-refractivity contribution in [3.8, 4) is 22.3 Å². The van der Waals surface area contributed by atoms with E-state index in [-0.39, 0.29) is 10.8 Å². The fourth-order valence-electron chi connectivity index (χ4n) is 8.29. The van der Waals surface area contributed by atoms with Crippen LogP contribution in [-0.2, 0) is 10.8 Å². The average Bonchev–Trinajstić information content (AvgIpc) is 3.17. The van der Waals surface area contributed by atoms with Crippen molar-refractivity contribution in [2.24, 2.45) is 0 Å². The lowest BCUT2D eigenvalue weighted by Crippen LogP contribution is -2.19. The van der Waals surface area contributed by atoms with E-state index in [2.05, 4.69) is 221 Å². The molecule has 2 nitrogen and oxygen atoms in total. The zero-order valence-corrected chi connectivity index (χ0v) is 32.1. The van der Waals surface area contributed by atoms with E-state index in [9.17, 15) is 0 Å². The van der Waals surface area contributed by atoms with E-state index in [0.717, 1.165) is 22.7 Å². The zero-order valence-electron chi connectivity index (χ0n) is 32.1. The first kappa shape index (κ1) is 33.7. The summed E-state index contributed by atoms with van der Waals surface area (Å²) in [6, 6.07) is 62.6. The van der Waals surface area contributed by atoms with Gasteiger partial charge in [-0.05, 0) is 151 Å². The maximum absolute atomic E-state index is 2.41. The third-order valence-electron chi connectivity index (χ3n) is 11.0. The maximum Gasteiger partial charge on any atom is 0.0498 e. The van der Waals surface area contributed by atoms with E-state index in [1.807, 2.05) is 0 Å². The first-order valence-corrected chi connectivity index (χ1v) is 19.1. The summed E-state index contributed by atoms with van der Waals surface area (Å²) in [5.41, 5.74) is 15.0. The molecule has 54 heavy (non-hydrogen) atoms. The van der Waals surface area contributed by atoms with E-state index in [0.29, 0.717) is 0 Å². The summed E-state index contributed by atoms with van der Waals surface area (Å²) in [6.07, 6.45) is 0. The SMILES string of the molecule is CC(C)(C)c1ccccc1N(c1ccccc1)c1ccc2cc3c(cc2c1)-c1cc2ccc(N(c4ccccc4)c4ccccc4C(C)(C)C)cc2cc1-3. The van der Waals surface area contributed by atoms with Crippen molar-refractivity contribution in [2.75, 3.05) is 9.80 Å². The molecule has 0 N–H and O–H groups in total. The molecule has 0 saturated heterocycles. The van der Waals surface area contributed by atoms with Crippen molar-refractivity contribution in [2.45, 2.75) is 52.4 Å². The molecule has 0 spiro atoms. The Morgan fingerprint density at radius 1 is 0.296 bits per heavy atom. The van der Waals surface area contributed by atoms with Crippen molar-refractivity contribution >= 4 is 55.7 Å². The second kappa shape index (κ2) is 12.8. The molecule has 0 amide bonds. The summed E-state index contributed by atoms with van der Waals surface area (Å²) in [5, 5.41) is 5.00. The zero-order chi connectivity index (χ0) is 37.2. The molecule has 1 aliphatic rings. The number of hydrogen-bond acceptors (Lipinski definition) is 2. The van der Waals surface area contributed by atoms with Gasteiger partial charge in [-0.3, -0.25) is 0 Å². The molecule has 0 radical (unpaired) electrons. The standard InChI is InChI=1S/C52H46N2/c1-51(2,3)47-21-13-15-23-49(47)53(39-17-9-7-10-18-39)41-27-25-35-31-43-45(33-37(35)29-41)44-32-36-26-28-42(30-38(36)34-46(43)44)54(40-19-11-8-12-20-40)50-24-16-14-22-48(50)52(4,5)6/h7-34H,1-6H3. The topological polar surface area (TPSA) is 6.48 Å². The monoisotopic (exact) mass is 698 g/mol. The van der Waals surface area contributed by atoms with Gasteiger partial charge < -0.3 is 9.80 Å². The normalized spacial score (nSPS) is 12.3. The smallest absolute Gasteiger partial charge is 0.0498 e. The minimum Gasteiger partial charge on any atom is -0.310 e. The second-order valence-electron chi connectivity index (χ2n) is 16.7. The third kappa shape index (κ3) is 5.83. The summed E-state index contributed by atoms with van der Waals surface area (Å²) in [4.78, 5) is 4.83. The van der Waals surface area contributed by atoms with Crippen LogP contribution in [0, 0.1) is 0 Å². The quantitative estimate of drug-likeness (QED) is 0.171. The Bertz CT molecular complexity index is 2470. The predicted octanol–water partition coefficient (Wildman–Crippen LogP) is 15.2. The van der Waals surface area contributed by atoms with Gasteiger partial charge in [0.1, 0.15) is 0 Å². The van der Waals surface area contributed by atoms with Crippen LogP contribution in [0.2, 0.25) is 0 Å². The van der Waals surface area contributed by atoms with Gasteiger partial charge in [0.05, 0.1) is 0 Å². The van der Waals surface area contributed by atoms with Gasteiger partial charge in [0.2, 0.25) is 0 Å². The van der Waals surface area contributed by atoms with Crippen molar-refractivity contribution in [3.63, 3.8) is 0 Å². The predicted molar refractivity (Wildman–Crippen MR) is 233 cm³/mol. The number of nitrogens with zero attached hydrogens (tertiary/aromatic N) is 2. The third-order valence-corrected chi connectivity index (χ3v) is 11.0. The van der Waals surface area contributed by atoms with E-state index >= 15 is 0 Å². The van der Waals surface area contributed by atoms with E-state index in [1.165, 1.54) is 66.3 Å². The Kier molecular flexibility index (Phi) is 7.97. The van der Waals surface area contributed by atoms with Gasteiger partial charge in [0, 0.05) is 34.1 Å². The number of para-hydroxylation sites is 4.